The first-order valence-electron chi connectivity index (χ1n) is 7.56. The van der Waals surface area contributed by atoms with Crippen molar-refractivity contribution in [2.45, 2.75) is 6.04 Å². The normalized spacial score (nSPS) is 12.0. The van der Waals surface area contributed by atoms with Crippen molar-refractivity contribution in [3.05, 3.63) is 65.1 Å². The Balaban J connectivity index is 1.81. The van der Waals surface area contributed by atoms with Crippen LogP contribution in [0.15, 0.2) is 43.0 Å². The summed E-state index contributed by atoms with van der Waals surface area (Å²) in [6, 6.07) is 3.97. The molecule has 1 amide bonds. The summed E-state index contributed by atoms with van der Waals surface area (Å²) >= 11 is 5.83. The molecule has 0 saturated carbocycles. The molecule has 0 saturated heterocycles. The average molecular weight is 376 g/mol. The van der Waals surface area contributed by atoms with Crippen molar-refractivity contribution >= 4 is 29.0 Å². The number of nitrogens with two attached hydrogens (primary N) is 2. The number of amides is 1. The molecule has 2 heterocycles. The molecule has 1 aromatic carbocycles. The van der Waals surface area contributed by atoms with E-state index in [0.29, 0.717) is 11.3 Å². The van der Waals surface area contributed by atoms with Gasteiger partial charge in [0.1, 0.15) is 5.82 Å². The number of nitrogens with one attached hydrogen (secondary N) is 1. The maximum absolute atomic E-state index is 13.4. The Labute approximate surface area is 153 Å². The van der Waals surface area contributed by atoms with Gasteiger partial charge in [-0.2, -0.15) is 5.10 Å². The third kappa shape index (κ3) is 3.63. The summed E-state index contributed by atoms with van der Waals surface area (Å²) in [7, 11) is 0. The van der Waals surface area contributed by atoms with E-state index in [1.54, 1.807) is 16.9 Å². The predicted molar refractivity (Wildman–Crippen MR) is 95.2 cm³/mol. The van der Waals surface area contributed by atoms with E-state index in [4.69, 9.17) is 23.1 Å². The second-order valence-corrected chi connectivity index (χ2v) is 5.79. The van der Waals surface area contributed by atoms with Gasteiger partial charge >= 0.3 is 0 Å². The molecule has 10 heteroatoms. The number of hydrogen-bond acceptors (Lipinski definition) is 6. The topological polar surface area (TPSA) is 125 Å². The van der Waals surface area contributed by atoms with Crippen molar-refractivity contribution in [3.63, 3.8) is 0 Å². The van der Waals surface area contributed by atoms with Crippen molar-refractivity contribution < 1.29 is 9.18 Å². The van der Waals surface area contributed by atoms with Crippen molar-refractivity contribution in [2.75, 3.05) is 17.6 Å². The minimum absolute atomic E-state index is 0.000223. The molecule has 26 heavy (non-hydrogen) atoms. The van der Waals surface area contributed by atoms with Gasteiger partial charge in [0, 0.05) is 25.1 Å². The maximum atomic E-state index is 13.4. The third-order valence-electron chi connectivity index (χ3n) is 3.67. The minimum atomic E-state index is -0.513. The Hall–Kier alpha value is -3.04. The summed E-state index contributed by atoms with van der Waals surface area (Å²) in [5.41, 5.74) is 12.6. The Morgan fingerprint density at radius 1 is 1.35 bits per heavy atom. The highest BCUT2D eigenvalue weighted by atomic mass is 35.5. The van der Waals surface area contributed by atoms with Gasteiger partial charge in [0.2, 0.25) is 0 Å². The Morgan fingerprint density at radius 3 is 2.81 bits per heavy atom. The van der Waals surface area contributed by atoms with Gasteiger partial charge in [-0.05, 0) is 17.7 Å². The number of halogens is 2. The molecule has 0 bridgehead atoms. The molecule has 0 aliphatic heterocycles. The van der Waals surface area contributed by atoms with E-state index < -0.39 is 11.7 Å². The predicted octanol–water partition coefficient (Wildman–Crippen LogP) is 1.85. The molecule has 0 aliphatic rings. The standard InChI is InChI=1S/C16H15ClFN7O/c17-11-5-9(1-2-12(11)18)13(6-19)25-8-10(7-23-25)24-16(26)14-15(20)22-4-3-21-14/h1-5,7-8,13H,6,19H2,(H2,20,22)(H,24,26). The van der Waals surface area contributed by atoms with Gasteiger partial charge in [0.25, 0.3) is 5.91 Å². The highest BCUT2D eigenvalue weighted by Crippen LogP contribution is 2.24. The molecule has 3 aromatic rings. The summed E-state index contributed by atoms with van der Waals surface area (Å²) < 4.78 is 14.9. The molecule has 3 rings (SSSR count). The van der Waals surface area contributed by atoms with Crippen LogP contribution in [0.2, 0.25) is 5.02 Å². The number of carbonyl (C=O) groups excluding carboxylic acids is 1. The molecule has 1 unspecified atom stereocenters. The monoisotopic (exact) mass is 375 g/mol. The Morgan fingerprint density at radius 2 is 2.12 bits per heavy atom. The lowest BCUT2D eigenvalue weighted by atomic mass is 10.1. The molecular formula is C16H15ClFN7O. The number of carbonyl (C=O) groups is 1. The van der Waals surface area contributed by atoms with Crippen molar-refractivity contribution in [3.8, 4) is 0 Å². The number of hydrogen-bond donors (Lipinski definition) is 3. The minimum Gasteiger partial charge on any atom is -0.382 e. The van der Waals surface area contributed by atoms with Crippen LogP contribution in [-0.2, 0) is 0 Å². The molecule has 1 atom stereocenters. The van der Waals surface area contributed by atoms with Crippen LogP contribution < -0.4 is 16.8 Å². The summed E-state index contributed by atoms with van der Waals surface area (Å²) in [4.78, 5) is 19.9. The lowest BCUT2D eigenvalue weighted by molar-refractivity contribution is 0.102. The second kappa shape index (κ2) is 7.46. The van der Waals surface area contributed by atoms with Crippen molar-refractivity contribution in [1.82, 2.24) is 19.7 Å². The van der Waals surface area contributed by atoms with Crippen LogP contribution in [0.25, 0.3) is 0 Å². The molecule has 0 spiro atoms. The highest BCUT2D eigenvalue weighted by Gasteiger charge is 2.17. The molecule has 0 aliphatic carbocycles. The van der Waals surface area contributed by atoms with E-state index in [9.17, 15) is 9.18 Å². The summed E-state index contributed by atoms with van der Waals surface area (Å²) in [5.74, 6) is -0.997. The van der Waals surface area contributed by atoms with Crippen molar-refractivity contribution in [1.29, 1.82) is 0 Å². The summed E-state index contributed by atoms with van der Waals surface area (Å²) in [6.07, 6.45) is 5.82. The van der Waals surface area contributed by atoms with E-state index in [1.165, 1.54) is 30.7 Å². The molecule has 8 nitrogen and oxygen atoms in total. The SMILES string of the molecule is NCC(c1ccc(F)c(Cl)c1)n1cc(NC(=O)c2nccnc2N)cn1. The first kappa shape index (κ1) is 17.8. The fraction of sp³-hybridized carbons (Fsp3) is 0.125. The van der Waals surface area contributed by atoms with Crippen LogP contribution in [0.5, 0.6) is 0 Å². The van der Waals surface area contributed by atoms with Gasteiger partial charge < -0.3 is 16.8 Å². The number of nitrogen functional groups attached to an aromatic ring is 1. The number of anilines is 2. The van der Waals surface area contributed by atoms with Crippen LogP contribution in [0.4, 0.5) is 15.9 Å². The van der Waals surface area contributed by atoms with Gasteiger partial charge in [0.15, 0.2) is 11.5 Å². The Bertz CT molecular complexity index is 946. The molecular weight excluding hydrogens is 361 g/mol. The molecule has 134 valence electrons. The number of rotatable bonds is 5. The van der Waals surface area contributed by atoms with Gasteiger partial charge in [0.05, 0.1) is 22.9 Å². The average Bonchev–Trinajstić information content (AvgIpc) is 3.07. The molecule has 0 radical (unpaired) electrons. The van der Waals surface area contributed by atoms with Crippen LogP contribution in [0.1, 0.15) is 22.1 Å². The van der Waals surface area contributed by atoms with Gasteiger partial charge in [-0.25, -0.2) is 14.4 Å². The number of nitrogens with zero attached hydrogens (tertiary/aromatic N) is 4. The lowest BCUT2D eigenvalue weighted by Crippen LogP contribution is -2.21. The second-order valence-electron chi connectivity index (χ2n) is 5.38. The first-order valence-corrected chi connectivity index (χ1v) is 7.94. The Kier molecular flexibility index (Phi) is 5.10. The van der Waals surface area contributed by atoms with E-state index in [0.717, 1.165) is 0 Å². The highest BCUT2D eigenvalue weighted by molar-refractivity contribution is 6.30. The fourth-order valence-corrected chi connectivity index (χ4v) is 2.59. The van der Waals surface area contributed by atoms with Crippen LogP contribution in [0.3, 0.4) is 0 Å². The summed E-state index contributed by atoms with van der Waals surface area (Å²) in [5, 5.41) is 6.84. The molecule has 5 N–H and O–H groups in total. The zero-order valence-corrected chi connectivity index (χ0v) is 14.2. The van der Waals surface area contributed by atoms with E-state index in [1.807, 2.05) is 0 Å². The number of aromatic nitrogens is 4. The molecule has 0 fully saturated rings. The number of benzene rings is 1. The maximum Gasteiger partial charge on any atom is 0.278 e. The van der Waals surface area contributed by atoms with E-state index in [2.05, 4.69) is 20.4 Å². The van der Waals surface area contributed by atoms with Crippen LogP contribution in [-0.4, -0.2) is 32.2 Å². The zero-order chi connectivity index (χ0) is 18.7. The largest absolute Gasteiger partial charge is 0.382 e. The van der Waals surface area contributed by atoms with Gasteiger partial charge in [-0.15, -0.1) is 0 Å². The van der Waals surface area contributed by atoms with Crippen LogP contribution >= 0.6 is 11.6 Å². The summed E-state index contributed by atoms with van der Waals surface area (Å²) in [6.45, 7) is 0.203. The zero-order valence-electron chi connectivity index (χ0n) is 13.4. The lowest BCUT2D eigenvalue weighted by Gasteiger charge is -2.16. The first-order chi connectivity index (χ1) is 12.5. The smallest absolute Gasteiger partial charge is 0.278 e. The van der Waals surface area contributed by atoms with Gasteiger partial charge in [-0.3, -0.25) is 9.48 Å². The van der Waals surface area contributed by atoms with Crippen LogP contribution in [0, 0.1) is 5.82 Å². The fourth-order valence-electron chi connectivity index (χ4n) is 2.40. The molecule has 2 aromatic heterocycles. The quantitative estimate of drug-likeness (QED) is 0.625. The third-order valence-corrected chi connectivity index (χ3v) is 3.96. The van der Waals surface area contributed by atoms with E-state index >= 15 is 0 Å². The van der Waals surface area contributed by atoms with Gasteiger partial charge in [-0.1, -0.05) is 17.7 Å². The van der Waals surface area contributed by atoms with E-state index in [-0.39, 0.29) is 29.1 Å². The van der Waals surface area contributed by atoms with Crippen molar-refractivity contribution in [2.24, 2.45) is 5.73 Å².